The van der Waals surface area contributed by atoms with Gasteiger partial charge in [-0.05, 0) is 32.0 Å². The lowest BCUT2D eigenvalue weighted by molar-refractivity contribution is -0.132. The molecule has 0 aliphatic carbocycles. The van der Waals surface area contributed by atoms with Crippen molar-refractivity contribution in [3.8, 4) is 0 Å². The summed E-state index contributed by atoms with van der Waals surface area (Å²) in [4.78, 5) is 13.8. The normalized spacial score (nSPS) is 18.4. The zero-order chi connectivity index (χ0) is 14.0. The van der Waals surface area contributed by atoms with Gasteiger partial charge in [-0.1, -0.05) is 0 Å². The number of carbonyl (C=O) groups is 1. The van der Waals surface area contributed by atoms with E-state index in [1.54, 1.807) is 4.90 Å². The highest BCUT2D eigenvalue weighted by molar-refractivity contribution is 5.79. The fourth-order valence-electron chi connectivity index (χ4n) is 2.31. The van der Waals surface area contributed by atoms with Gasteiger partial charge in [0, 0.05) is 30.7 Å². The van der Waals surface area contributed by atoms with E-state index >= 15 is 0 Å². The second-order valence-corrected chi connectivity index (χ2v) is 5.54. The van der Waals surface area contributed by atoms with E-state index in [0.29, 0.717) is 19.6 Å². The van der Waals surface area contributed by atoms with Crippen LogP contribution in [0.15, 0.2) is 18.2 Å². The Morgan fingerprint density at radius 1 is 1.42 bits per heavy atom. The van der Waals surface area contributed by atoms with Crippen molar-refractivity contribution in [2.45, 2.75) is 25.8 Å². The van der Waals surface area contributed by atoms with Gasteiger partial charge < -0.3 is 10.2 Å². The van der Waals surface area contributed by atoms with Crippen molar-refractivity contribution in [1.82, 2.24) is 10.2 Å². The van der Waals surface area contributed by atoms with Crippen LogP contribution in [-0.2, 0) is 11.2 Å². The van der Waals surface area contributed by atoms with Crippen molar-refractivity contribution >= 4 is 5.91 Å². The van der Waals surface area contributed by atoms with E-state index in [-0.39, 0.29) is 23.4 Å². The summed E-state index contributed by atoms with van der Waals surface area (Å²) < 4.78 is 26.6. The lowest BCUT2D eigenvalue weighted by atomic mass is 10.0. The molecule has 1 aliphatic heterocycles. The molecular weight excluding hydrogens is 250 g/mol. The zero-order valence-corrected chi connectivity index (χ0v) is 11.2. The van der Waals surface area contributed by atoms with Crippen molar-refractivity contribution in [3.05, 3.63) is 35.4 Å². The van der Waals surface area contributed by atoms with Gasteiger partial charge in [0.1, 0.15) is 11.6 Å². The maximum Gasteiger partial charge on any atom is 0.227 e. The summed E-state index contributed by atoms with van der Waals surface area (Å²) in [5.74, 6) is -1.23. The van der Waals surface area contributed by atoms with Crippen LogP contribution in [0.1, 0.15) is 19.4 Å². The molecule has 3 nitrogen and oxygen atoms in total. The number of nitrogens with one attached hydrogen (secondary N) is 1. The van der Waals surface area contributed by atoms with Gasteiger partial charge in [0.25, 0.3) is 0 Å². The molecule has 1 aliphatic rings. The fraction of sp³-hybridized carbons (Fsp3) is 0.500. The molecule has 1 N–H and O–H groups in total. The highest BCUT2D eigenvalue weighted by Gasteiger charge is 2.28. The summed E-state index contributed by atoms with van der Waals surface area (Å²) >= 11 is 0. The lowest BCUT2D eigenvalue weighted by Crippen LogP contribution is -2.58. The smallest absolute Gasteiger partial charge is 0.227 e. The quantitative estimate of drug-likeness (QED) is 0.885. The van der Waals surface area contributed by atoms with Gasteiger partial charge in [-0.25, -0.2) is 8.78 Å². The Bertz CT molecular complexity index is 488. The molecular formula is C14H18F2N2O. The number of benzene rings is 1. The van der Waals surface area contributed by atoms with Gasteiger partial charge in [-0.2, -0.15) is 0 Å². The average Bonchev–Trinajstić information content (AvgIpc) is 2.32. The molecule has 1 aromatic carbocycles. The van der Waals surface area contributed by atoms with Gasteiger partial charge in [-0.3, -0.25) is 4.79 Å². The first-order valence-corrected chi connectivity index (χ1v) is 6.34. The highest BCUT2D eigenvalue weighted by atomic mass is 19.1. The molecule has 5 heteroatoms. The summed E-state index contributed by atoms with van der Waals surface area (Å²) in [6, 6.07) is 3.19. The first kappa shape index (κ1) is 13.9. The van der Waals surface area contributed by atoms with Crippen molar-refractivity contribution < 1.29 is 13.6 Å². The number of carbonyl (C=O) groups excluding carboxylic acids is 1. The average molecular weight is 268 g/mol. The van der Waals surface area contributed by atoms with Gasteiger partial charge in [0.15, 0.2) is 0 Å². The third-order valence-corrected chi connectivity index (χ3v) is 3.27. The SMILES string of the molecule is CC1(C)CN(C(=O)Cc2cc(F)ccc2F)CCN1. The van der Waals surface area contributed by atoms with Crippen LogP contribution in [0, 0.1) is 11.6 Å². The molecule has 0 radical (unpaired) electrons. The number of rotatable bonds is 2. The van der Waals surface area contributed by atoms with Crippen LogP contribution in [0.5, 0.6) is 0 Å². The lowest BCUT2D eigenvalue weighted by Gasteiger charge is -2.39. The van der Waals surface area contributed by atoms with Gasteiger partial charge >= 0.3 is 0 Å². The Labute approximate surface area is 111 Å². The third-order valence-electron chi connectivity index (χ3n) is 3.27. The predicted octanol–water partition coefficient (Wildman–Crippen LogP) is 1.72. The molecule has 0 spiro atoms. The molecule has 0 unspecified atom stereocenters. The molecule has 2 rings (SSSR count). The first-order valence-electron chi connectivity index (χ1n) is 6.34. The number of hydrogen-bond donors (Lipinski definition) is 1. The van der Waals surface area contributed by atoms with Gasteiger partial charge in [0.2, 0.25) is 5.91 Å². The van der Waals surface area contributed by atoms with Crippen molar-refractivity contribution in [2.24, 2.45) is 0 Å². The summed E-state index contributed by atoms with van der Waals surface area (Å²) in [5.41, 5.74) is -0.0321. The van der Waals surface area contributed by atoms with Crippen LogP contribution in [0.2, 0.25) is 0 Å². The van der Waals surface area contributed by atoms with E-state index < -0.39 is 11.6 Å². The maximum atomic E-state index is 13.5. The monoisotopic (exact) mass is 268 g/mol. The standard InChI is InChI=1S/C14H18F2N2O/c1-14(2)9-18(6-5-17-14)13(19)8-10-7-11(15)3-4-12(10)16/h3-4,7,17H,5-6,8-9H2,1-2H3. The topological polar surface area (TPSA) is 32.3 Å². The summed E-state index contributed by atoms with van der Waals surface area (Å²) in [7, 11) is 0. The molecule has 104 valence electrons. The molecule has 0 saturated carbocycles. The van der Waals surface area contributed by atoms with Crippen molar-refractivity contribution in [1.29, 1.82) is 0 Å². The van der Waals surface area contributed by atoms with Crippen LogP contribution in [0.3, 0.4) is 0 Å². The second kappa shape index (κ2) is 5.25. The summed E-state index contributed by atoms with van der Waals surface area (Å²) in [6.07, 6.45) is -0.0975. The molecule has 19 heavy (non-hydrogen) atoms. The van der Waals surface area contributed by atoms with E-state index in [9.17, 15) is 13.6 Å². The van der Waals surface area contributed by atoms with E-state index in [1.807, 2.05) is 13.8 Å². The Hall–Kier alpha value is -1.49. The van der Waals surface area contributed by atoms with Crippen LogP contribution in [0.4, 0.5) is 8.78 Å². The third kappa shape index (κ3) is 3.50. The Morgan fingerprint density at radius 3 is 2.84 bits per heavy atom. The molecule has 1 aromatic rings. The van der Waals surface area contributed by atoms with E-state index in [1.165, 1.54) is 0 Å². The number of nitrogens with zero attached hydrogens (tertiary/aromatic N) is 1. The molecule has 1 heterocycles. The Kier molecular flexibility index (Phi) is 3.85. The van der Waals surface area contributed by atoms with Crippen LogP contribution in [0.25, 0.3) is 0 Å². The minimum absolute atomic E-state index is 0.0975. The van der Waals surface area contributed by atoms with E-state index in [0.717, 1.165) is 18.2 Å². The number of amides is 1. The summed E-state index contributed by atoms with van der Waals surface area (Å²) in [6.45, 7) is 5.90. The van der Waals surface area contributed by atoms with Crippen LogP contribution >= 0.6 is 0 Å². The highest BCUT2D eigenvalue weighted by Crippen LogP contribution is 2.15. The number of piperazine rings is 1. The van der Waals surface area contributed by atoms with E-state index in [4.69, 9.17) is 0 Å². The van der Waals surface area contributed by atoms with Gasteiger partial charge in [0.05, 0.1) is 6.42 Å². The second-order valence-electron chi connectivity index (χ2n) is 5.54. The molecule has 1 fully saturated rings. The summed E-state index contributed by atoms with van der Waals surface area (Å²) in [5, 5.41) is 3.30. The van der Waals surface area contributed by atoms with Crippen LogP contribution < -0.4 is 5.32 Å². The van der Waals surface area contributed by atoms with Gasteiger partial charge in [-0.15, -0.1) is 0 Å². The molecule has 1 amide bonds. The van der Waals surface area contributed by atoms with Crippen LogP contribution in [-0.4, -0.2) is 36.0 Å². The van der Waals surface area contributed by atoms with Crippen molar-refractivity contribution in [2.75, 3.05) is 19.6 Å². The minimum Gasteiger partial charge on any atom is -0.339 e. The first-order chi connectivity index (χ1) is 8.87. The number of halogens is 2. The predicted molar refractivity (Wildman–Crippen MR) is 68.7 cm³/mol. The van der Waals surface area contributed by atoms with E-state index in [2.05, 4.69) is 5.32 Å². The molecule has 0 aromatic heterocycles. The fourth-order valence-corrected chi connectivity index (χ4v) is 2.31. The molecule has 1 saturated heterocycles. The minimum atomic E-state index is -0.538. The molecule has 0 atom stereocenters. The Balaban J connectivity index is 2.06. The Morgan fingerprint density at radius 2 is 2.16 bits per heavy atom. The largest absolute Gasteiger partial charge is 0.339 e. The number of hydrogen-bond acceptors (Lipinski definition) is 2. The van der Waals surface area contributed by atoms with Crippen molar-refractivity contribution in [3.63, 3.8) is 0 Å². The maximum absolute atomic E-state index is 13.5. The molecule has 0 bridgehead atoms. The zero-order valence-electron chi connectivity index (χ0n) is 11.2.